The van der Waals surface area contributed by atoms with E-state index in [1.165, 1.54) is 50.4 Å². The largest absolute Gasteiger partial charge is 0.303 e. The van der Waals surface area contributed by atoms with Gasteiger partial charge < -0.3 is 4.90 Å². The zero-order valence-electron chi connectivity index (χ0n) is 17.0. The first kappa shape index (κ1) is 20.5. The highest BCUT2D eigenvalue weighted by atomic mass is 16.1. The Hall–Kier alpha value is -2.26. The maximum absolute atomic E-state index is 11.2. The highest BCUT2D eigenvalue weighted by Crippen LogP contribution is 2.40. The molecular weight excluding hydrogens is 344 g/mol. The van der Waals surface area contributed by atoms with Crippen molar-refractivity contribution in [3.63, 3.8) is 0 Å². The van der Waals surface area contributed by atoms with Gasteiger partial charge in [-0.3, -0.25) is 4.79 Å². The van der Waals surface area contributed by atoms with Crippen LogP contribution in [0.2, 0.25) is 0 Å². The van der Waals surface area contributed by atoms with Gasteiger partial charge in [0.2, 0.25) is 5.91 Å². The highest BCUT2D eigenvalue weighted by Gasteiger charge is 2.34. The van der Waals surface area contributed by atoms with Crippen LogP contribution >= 0.6 is 0 Å². The third kappa shape index (κ3) is 5.39. The van der Waals surface area contributed by atoms with Crippen molar-refractivity contribution in [3.05, 3.63) is 71.8 Å². The molecule has 0 spiro atoms. The molecule has 0 radical (unpaired) electrons. The summed E-state index contributed by atoms with van der Waals surface area (Å²) in [4.78, 5) is 17.8. The van der Waals surface area contributed by atoms with E-state index in [0.717, 1.165) is 25.8 Å². The number of rotatable bonds is 8. The molecule has 3 nitrogen and oxygen atoms in total. The van der Waals surface area contributed by atoms with Crippen molar-refractivity contribution in [2.45, 2.75) is 50.9 Å². The number of amides is 1. The van der Waals surface area contributed by atoms with Gasteiger partial charge in [0.1, 0.15) is 0 Å². The van der Waals surface area contributed by atoms with E-state index in [2.05, 4.69) is 70.6 Å². The van der Waals surface area contributed by atoms with Gasteiger partial charge in [-0.25, -0.2) is 4.99 Å². The zero-order chi connectivity index (χ0) is 19.7. The second-order valence-corrected chi connectivity index (χ2v) is 7.84. The monoisotopic (exact) mass is 376 g/mol. The van der Waals surface area contributed by atoms with Crippen LogP contribution in [0.5, 0.6) is 0 Å². The molecule has 0 N–H and O–H groups in total. The van der Waals surface area contributed by atoms with Gasteiger partial charge in [0.25, 0.3) is 0 Å². The van der Waals surface area contributed by atoms with E-state index >= 15 is 0 Å². The number of likely N-dealkylation sites (tertiary alicyclic amines) is 1. The molecule has 1 amide bonds. The van der Waals surface area contributed by atoms with Crippen LogP contribution in [-0.4, -0.2) is 36.7 Å². The number of aliphatic imine (C=N–C) groups is 1. The quantitative estimate of drug-likeness (QED) is 0.590. The summed E-state index contributed by atoms with van der Waals surface area (Å²) in [5.41, 5.74) is 2.65. The predicted molar refractivity (Wildman–Crippen MR) is 117 cm³/mol. The Bertz CT molecular complexity index is 709. The lowest BCUT2D eigenvalue weighted by molar-refractivity contribution is -0.115. The third-order valence-electron chi connectivity index (χ3n) is 5.93. The minimum atomic E-state index is -0.127. The molecule has 28 heavy (non-hydrogen) atoms. The van der Waals surface area contributed by atoms with Gasteiger partial charge in [-0.05, 0) is 62.9 Å². The molecule has 3 heteroatoms. The van der Waals surface area contributed by atoms with Gasteiger partial charge in [0.15, 0.2) is 0 Å². The smallest absolute Gasteiger partial charge is 0.242 e. The lowest BCUT2D eigenvalue weighted by atomic mass is 9.69. The Labute approximate surface area is 169 Å². The van der Waals surface area contributed by atoms with Gasteiger partial charge in [-0.1, -0.05) is 67.1 Å². The van der Waals surface area contributed by atoms with Crippen molar-refractivity contribution in [3.8, 4) is 0 Å². The second-order valence-electron chi connectivity index (χ2n) is 7.84. The molecule has 1 aliphatic heterocycles. The number of carbonyl (C=O) groups is 1. The van der Waals surface area contributed by atoms with Crippen molar-refractivity contribution in [2.24, 2.45) is 4.99 Å². The van der Waals surface area contributed by atoms with E-state index in [1.54, 1.807) is 6.21 Å². The van der Waals surface area contributed by atoms with Gasteiger partial charge in [-0.15, -0.1) is 0 Å². The van der Waals surface area contributed by atoms with Crippen molar-refractivity contribution in [1.29, 1.82) is 0 Å². The summed E-state index contributed by atoms with van der Waals surface area (Å²) in [7, 11) is 0. The maximum atomic E-state index is 11.2. The van der Waals surface area contributed by atoms with Crippen LogP contribution in [0.25, 0.3) is 0 Å². The highest BCUT2D eigenvalue weighted by molar-refractivity contribution is 5.82. The molecule has 1 heterocycles. The molecule has 0 bridgehead atoms. The SMILES string of the molecule is CC(=O)N=CCCC(CCN1CCCCC1)(c1ccccc1)c1ccccc1. The van der Waals surface area contributed by atoms with E-state index in [1.807, 2.05) is 0 Å². The average Bonchev–Trinajstić information content (AvgIpc) is 2.75. The fourth-order valence-corrected chi connectivity index (χ4v) is 4.42. The molecule has 3 rings (SSSR count). The molecule has 0 aliphatic carbocycles. The number of carbonyl (C=O) groups excluding carboxylic acids is 1. The van der Waals surface area contributed by atoms with Crippen molar-refractivity contribution < 1.29 is 4.79 Å². The molecule has 2 aromatic rings. The standard InChI is InChI=1S/C25H32N2O/c1-22(28)26-18-11-16-25(23-12-5-2-6-13-23,24-14-7-3-8-15-24)17-21-27-19-9-4-10-20-27/h2-3,5-8,12-15,18H,4,9-11,16-17,19-21H2,1H3. The summed E-state index contributed by atoms with van der Waals surface area (Å²) in [6, 6.07) is 21.7. The van der Waals surface area contributed by atoms with Crippen LogP contribution in [-0.2, 0) is 10.2 Å². The Kier molecular flexibility index (Phi) is 7.55. The third-order valence-corrected chi connectivity index (χ3v) is 5.93. The molecular formula is C25H32N2O. The first-order valence-electron chi connectivity index (χ1n) is 10.6. The van der Waals surface area contributed by atoms with Crippen LogP contribution in [0.1, 0.15) is 56.6 Å². The number of nitrogens with zero attached hydrogens (tertiary/aromatic N) is 2. The van der Waals surface area contributed by atoms with Crippen molar-refractivity contribution in [1.82, 2.24) is 4.90 Å². The van der Waals surface area contributed by atoms with Gasteiger partial charge >= 0.3 is 0 Å². The number of hydrogen-bond donors (Lipinski definition) is 0. The Morgan fingerprint density at radius 3 is 2.04 bits per heavy atom. The summed E-state index contributed by atoms with van der Waals surface area (Å²) in [6.07, 6.45) is 8.61. The zero-order valence-corrected chi connectivity index (χ0v) is 17.0. The first-order valence-corrected chi connectivity index (χ1v) is 10.6. The number of benzene rings is 2. The van der Waals surface area contributed by atoms with Crippen LogP contribution < -0.4 is 0 Å². The number of piperidine rings is 1. The van der Waals surface area contributed by atoms with Crippen LogP contribution in [0.3, 0.4) is 0 Å². The van der Waals surface area contributed by atoms with Crippen LogP contribution in [0.4, 0.5) is 0 Å². The second kappa shape index (κ2) is 10.3. The fraction of sp³-hybridized carbons (Fsp3) is 0.440. The van der Waals surface area contributed by atoms with Crippen LogP contribution in [0.15, 0.2) is 65.7 Å². The van der Waals surface area contributed by atoms with Gasteiger partial charge in [0.05, 0.1) is 0 Å². The van der Waals surface area contributed by atoms with Crippen LogP contribution in [0, 0.1) is 0 Å². The van der Waals surface area contributed by atoms with E-state index in [-0.39, 0.29) is 11.3 Å². The van der Waals surface area contributed by atoms with Gasteiger partial charge in [0, 0.05) is 18.6 Å². The molecule has 1 saturated heterocycles. The first-order chi connectivity index (χ1) is 13.7. The van der Waals surface area contributed by atoms with E-state index in [9.17, 15) is 4.79 Å². The molecule has 1 aliphatic rings. The Morgan fingerprint density at radius 1 is 0.929 bits per heavy atom. The topological polar surface area (TPSA) is 32.7 Å². The summed E-state index contributed by atoms with van der Waals surface area (Å²) in [6.45, 7) is 5.04. The lowest BCUT2D eigenvalue weighted by Gasteiger charge is -2.38. The summed E-state index contributed by atoms with van der Waals surface area (Å²) >= 11 is 0. The Balaban J connectivity index is 1.91. The molecule has 2 aromatic carbocycles. The molecule has 0 aromatic heterocycles. The summed E-state index contributed by atoms with van der Waals surface area (Å²) < 4.78 is 0. The average molecular weight is 377 g/mol. The Morgan fingerprint density at radius 2 is 1.50 bits per heavy atom. The lowest BCUT2D eigenvalue weighted by Crippen LogP contribution is -2.37. The van der Waals surface area contributed by atoms with Crippen molar-refractivity contribution in [2.75, 3.05) is 19.6 Å². The van der Waals surface area contributed by atoms with E-state index in [4.69, 9.17) is 0 Å². The maximum Gasteiger partial charge on any atom is 0.242 e. The van der Waals surface area contributed by atoms with E-state index in [0.29, 0.717) is 0 Å². The van der Waals surface area contributed by atoms with Crippen molar-refractivity contribution >= 4 is 12.1 Å². The molecule has 148 valence electrons. The molecule has 1 fully saturated rings. The predicted octanol–water partition coefficient (Wildman–Crippen LogP) is 5.25. The normalized spacial score (nSPS) is 15.8. The molecule has 0 atom stereocenters. The summed E-state index contributed by atoms with van der Waals surface area (Å²) in [5.74, 6) is -0.127. The molecule has 0 saturated carbocycles. The molecule has 0 unspecified atom stereocenters. The fourth-order valence-electron chi connectivity index (χ4n) is 4.42. The minimum absolute atomic E-state index is 0.0667. The summed E-state index contributed by atoms with van der Waals surface area (Å²) in [5, 5.41) is 0. The van der Waals surface area contributed by atoms with Gasteiger partial charge in [-0.2, -0.15) is 0 Å². The number of hydrogen-bond acceptors (Lipinski definition) is 2. The van der Waals surface area contributed by atoms with E-state index < -0.39 is 0 Å². The minimum Gasteiger partial charge on any atom is -0.303 e.